The number of nitrogens with zero attached hydrogens (tertiary/aromatic N) is 3. The topological polar surface area (TPSA) is 50.7 Å². The van der Waals surface area contributed by atoms with E-state index in [0.717, 1.165) is 8.79 Å². The molecule has 0 aliphatic heterocycles. The van der Waals surface area contributed by atoms with Crippen molar-refractivity contribution >= 4 is 48.9 Å². The van der Waals surface area contributed by atoms with Gasteiger partial charge in [0.2, 0.25) is 5.13 Å². The summed E-state index contributed by atoms with van der Waals surface area (Å²) in [7, 11) is 0. The molecule has 7 heteroatoms. The van der Waals surface area contributed by atoms with Crippen LogP contribution in [0.5, 0.6) is 0 Å². The Morgan fingerprint density at radius 2 is 2.33 bits per heavy atom. The molecule has 0 fully saturated rings. The molecule has 1 N–H and O–H groups in total. The molecule has 12 heavy (non-hydrogen) atoms. The minimum absolute atomic E-state index is 0.712. The van der Waals surface area contributed by atoms with Crippen molar-refractivity contribution in [2.45, 2.75) is 0 Å². The van der Waals surface area contributed by atoms with Gasteiger partial charge in [0.15, 0.2) is 0 Å². The van der Waals surface area contributed by atoms with Gasteiger partial charge in [-0.15, -0.1) is 11.3 Å². The maximum absolute atomic E-state index is 3.76. The molecule has 0 unspecified atom stereocenters. The van der Waals surface area contributed by atoms with Crippen LogP contribution in [0.15, 0.2) is 15.9 Å². The van der Waals surface area contributed by atoms with Crippen molar-refractivity contribution < 1.29 is 0 Å². The van der Waals surface area contributed by atoms with Gasteiger partial charge >= 0.3 is 0 Å². The fourth-order valence-corrected chi connectivity index (χ4v) is 2.40. The molecule has 4 nitrogen and oxygen atoms in total. The number of rotatable bonds is 2. The Morgan fingerprint density at radius 1 is 1.42 bits per heavy atom. The van der Waals surface area contributed by atoms with Gasteiger partial charge in [-0.3, -0.25) is 0 Å². The molecule has 2 aromatic heterocycles. The summed E-state index contributed by atoms with van der Waals surface area (Å²) in [5.74, 6) is 0. The van der Waals surface area contributed by atoms with E-state index < -0.39 is 0 Å². The van der Waals surface area contributed by atoms with E-state index in [0.29, 0.717) is 5.13 Å². The molecule has 62 valence electrons. The Bertz CT molecular complexity index is 357. The quantitative estimate of drug-likeness (QED) is 0.904. The highest BCUT2D eigenvalue weighted by atomic mass is 79.9. The lowest BCUT2D eigenvalue weighted by Gasteiger charge is -1.92. The highest BCUT2D eigenvalue weighted by molar-refractivity contribution is 9.11. The van der Waals surface area contributed by atoms with Crippen LogP contribution in [0.4, 0.5) is 10.1 Å². The van der Waals surface area contributed by atoms with Crippen LogP contribution in [0.25, 0.3) is 0 Å². The average molecular weight is 263 g/mol. The van der Waals surface area contributed by atoms with E-state index in [1.807, 2.05) is 12.1 Å². The van der Waals surface area contributed by atoms with Gasteiger partial charge in [0.25, 0.3) is 0 Å². The van der Waals surface area contributed by atoms with Gasteiger partial charge in [0.05, 0.1) is 8.79 Å². The summed E-state index contributed by atoms with van der Waals surface area (Å²) < 4.78 is 4.72. The molecule has 2 aromatic rings. The molecular formula is C5H3BrN4S2. The highest BCUT2D eigenvalue weighted by Gasteiger charge is 2.00. The van der Waals surface area contributed by atoms with Crippen LogP contribution >= 0.6 is 38.8 Å². The van der Waals surface area contributed by atoms with Crippen molar-refractivity contribution in [1.82, 2.24) is 14.8 Å². The molecule has 2 heterocycles. The number of halogens is 1. The minimum atomic E-state index is 0.712. The SMILES string of the molecule is Brc1ccc(Nc2nnns2)s1. The first-order chi connectivity index (χ1) is 5.84. The maximum atomic E-state index is 3.76. The molecule has 0 aromatic carbocycles. The zero-order valence-corrected chi connectivity index (χ0v) is 8.91. The van der Waals surface area contributed by atoms with Gasteiger partial charge in [-0.2, -0.15) is 0 Å². The molecule has 0 radical (unpaired) electrons. The second kappa shape index (κ2) is 3.46. The van der Waals surface area contributed by atoms with E-state index in [1.165, 1.54) is 11.5 Å². The van der Waals surface area contributed by atoms with Crippen LogP contribution in [0, 0.1) is 0 Å². The zero-order chi connectivity index (χ0) is 8.39. The van der Waals surface area contributed by atoms with E-state index in [-0.39, 0.29) is 0 Å². The first-order valence-corrected chi connectivity index (χ1v) is 5.40. The van der Waals surface area contributed by atoms with Gasteiger partial charge in [-0.05, 0) is 33.3 Å². The zero-order valence-electron chi connectivity index (χ0n) is 5.69. The van der Waals surface area contributed by atoms with Crippen molar-refractivity contribution in [3.63, 3.8) is 0 Å². The van der Waals surface area contributed by atoms with Crippen molar-refractivity contribution in [2.24, 2.45) is 0 Å². The monoisotopic (exact) mass is 262 g/mol. The highest BCUT2D eigenvalue weighted by Crippen LogP contribution is 2.28. The van der Waals surface area contributed by atoms with E-state index in [9.17, 15) is 0 Å². The maximum Gasteiger partial charge on any atom is 0.230 e. The molecule has 0 bridgehead atoms. The Hall–Kier alpha value is -0.530. The van der Waals surface area contributed by atoms with E-state index >= 15 is 0 Å². The third kappa shape index (κ3) is 1.79. The van der Waals surface area contributed by atoms with Gasteiger partial charge in [-0.25, -0.2) is 0 Å². The van der Waals surface area contributed by atoms with Crippen molar-refractivity contribution in [3.8, 4) is 0 Å². The van der Waals surface area contributed by atoms with Gasteiger partial charge in [0, 0.05) is 11.5 Å². The number of hydrogen-bond acceptors (Lipinski definition) is 6. The number of hydrogen-bond donors (Lipinski definition) is 1. The first-order valence-electron chi connectivity index (χ1n) is 3.02. The molecule has 0 amide bonds. The van der Waals surface area contributed by atoms with Crippen LogP contribution in [0.1, 0.15) is 0 Å². The number of nitrogens with one attached hydrogen (secondary N) is 1. The third-order valence-electron chi connectivity index (χ3n) is 1.10. The van der Waals surface area contributed by atoms with Crippen LogP contribution in [0.2, 0.25) is 0 Å². The summed E-state index contributed by atoms with van der Waals surface area (Å²) >= 11 is 6.20. The van der Waals surface area contributed by atoms with Crippen LogP contribution in [-0.4, -0.2) is 14.8 Å². The van der Waals surface area contributed by atoms with Gasteiger partial charge < -0.3 is 5.32 Å². The Morgan fingerprint density at radius 3 is 2.92 bits per heavy atom. The normalized spacial score (nSPS) is 10.1. The molecule has 0 aliphatic carbocycles. The first kappa shape index (κ1) is 8.09. The largest absolute Gasteiger partial charge is 0.321 e. The number of thiophene rings is 1. The molecular weight excluding hydrogens is 260 g/mol. The molecule has 0 saturated carbocycles. The van der Waals surface area contributed by atoms with Crippen molar-refractivity contribution in [3.05, 3.63) is 15.9 Å². The summed E-state index contributed by atoms with van der Waals surface area (Å²) in [6.07, 6.45) is 0. The molecule has 0 atom stereocenters. The summed E-state index contributed by atoms with van der Waals surface area (Å²) in [4.78, 5) is 0. The van der Waals surface area contributed by atoms with Gasteiger partial charge in [-0.1, -0.05) is 9.59 Å². The molecule has 0 aliphatic rings. The van der Waals surface area contributed by atoms with Crippen LogP contribution in [-0.2, 0) is 0 Å². The molecule has 2 rings (SSSR count). The second-order valence-electron chi connectivity index (χ2n) is 1.90. The average Bonchev–Trinajstić information content (AvgIpc) is 2.63. The predicted octanol–water partition coefficient (Wildman–Crippen LogP) is 2.50. The summed E-state index contributed by atoms with van der Waals surface area (Å²) in [5.41, 5.74) is 0. The standard InChI is InChI=1S/C5H3BrN4S2/c6-3-1-2-4(11-3)7-5-8-9-10-12-5/h1-2H,(H,7,8,10). The fourth-order valence-electron chi connectivity index (χ4n) is 0.669. The Balaban J connectivity index is 2.14. The van der Waals surface area contributed by atoms with Crippen LogP contribution in [0.3, 0.4) is 0 Å². The van der Waals surface area contributed by atoms with E-state index in [1.54, 1.807) is 11.3 Å². The van der Waals surface area contributed by atoms with Crippen molar-refractivity contribution in [2.75, 3.05) is 5.32 Å². The number of aromatic nitrogens is 3. The van der Waals surface area contributed by atoms with Gasteiger partial charge in [0.1, 0.15) is 0 Å². The summed E-state index contributed by atoms with van der Waals surface area (Å²) in [6.45, 7) is 0. The fraction of sp³-hybridized carbons (Fsp3) is 0. The Labute approximate surface area is 84.9 Å². The third-order valence-corrected chi connectivity index (χ3v) is 3.15. The minimum Gasteiger partial charge on any atom is -0.321 e. The smallest absolute Gasteiger partial charge is 0.230 e. The predicted molar refractivity (Wildman–Crippen MR) is 53.0 cm³/mol. The second-order valence-corrected chi connectivity index (χ2v) is 5.09. The van der Waals surface area contributed by atoms with Crippen LogP contribution < -0.4 is 5.32 Å². The Kier molecular flexibility index (Phi) is 2.33. The lowest BCUT2D eigenvalue weighted by Crippen LogP contribution is -1.84. The summed E-state index contributed by atoms with van der Waals surface area (Å²) in [5, 5.41) is 12.0. The number of anilines is 2. The lowest BCUT2D eigenvalue weighted by molar-refractivity contribution is 0.961. The molecule has 0 saturated heterocycles. The lowest BCUT2D eigenvalue weighted by atomic mass is 10.6. The van der Waals surface area contributed by atoms with Crippen molar-refractivity contribution in [1.29, 1.82) is 0 Å². The van der Waals surface area contributed by atoms with E-state index in [2.05, 4.69) is 36.0 Å². The summed E-state index contributed by atoms with van der Waals surface area (Å²) in [6, 6.07) is 3.94. The molecule has 0 spiro atoms. The van der Waals surface area contributed by atoms with E-state index in [4.69, 9.17) is 0 Å².